The summed E-state index contributed by atoms with van der Waals surface area (Å²) in [7, 11) is 0. The van der Waals surface area contributed by atoms with E-state index in [1.807, 2.05) is 55.5 Å². The van der Waals surface area contributed by atoms with Crippen molar-refractivity contribution in [1.29, 1.82) is 0 Å². The minimum absolute atomic E-state index is 0.0152. The van der Waals surface area contributed by atoms with E-state index < -0.39 is 0 Å². The van der Waals surface area contributed by atoms with Crippen molar-refractivity contribution in [3.63, 3.8) is 0 Å². The highest BCUT2D eigenvalue weighted by atomic mass is 16.5. The van der Waals surface area contributed by atoms with Crippen LogP contribution in [0, 0.1) is 6.92 Å². The van der Waals surface area contributed by atoms with Crippen molar-refractivity contribution in [1.82, 2.24) is 10.3 Å². The van der Waals surface area contributed by atoms with E-state index in [4.69, 9.17) is 4.74 Å². The molecule has 0 fully saturated rings. The van der Waals surface area contributed by atoms with Crippen molar-refractivity contribution in [2.24, 2.45) is 0 Å². The van der Waals surface area contributed by atoms with E-state index in [0.29, 0.717) is 24.4 Å². The molecule has 6 nitrogen and oxygen atoms in total. The van der Waals surface area contributed by atoms with Crippen molar-refractivity contribution >= 4 is 17.5 Å². The highest BCUT2D eigenvalue weighted by molar-refractivity contribution is 5.98. The lowest BCUT2D eigenvalue weighted by Crippen LogP contribution is -2.38. The summed E-state index contributed by atoms with van der Waals surface area (Å²) in [6.45, 7) is 2.78. The number of aromatic nitrogens is 1. The Morgan fingerprint density at radius 1 is 1.14 bits per heavy atom. The van der Waals surface area contributed by atoms with Gasteiger partial charge in [0.2, 0.25) is 0 Å². The number of pyridine rings is 1. The molecule has 29 heavy (non-hydrogen) atoms. The molecule has 3 aromatic rings. The van der Waals surface area contributed by atoms with Gasteiger partial charge in [0.05, 0.1) is 12.2 Å². The predicted molar refractivity (Wildman–Crippen MR) is 110 cm³/mol. The second-order valence-corrected chi connectivity index (χ2v) is 6.98. The number of hydrogen-bond acceptors (Lipinski definition) is 4. The maximum atomic E-state index is 12.5. The predicted octanol–water partition coefficient (Wildman–Crippen LogP) is 3.25. The van der Waals surface area contributed by atoms with Crippen LogP contribution in [0.4, 0.5) is 5.69 Å². The van der Waals surface area contributed by atoms with Crippen LogP contribution in [-0.2, 0) is 17.9 Å². The molecule has 0 bridgehead atoms. The molecule has 146 valence electrons. The molecule has 0 unspecified atom stereocenters. The molecule has 0 radical (unpaired) electrons. The molecule has 0 aliphatic carbocycles. The number of nitrogens with zero attached hydrogens (tertiary/aromatic N) is 2. The number of carbonyl (C=O) groups is 2. The van der Waals surface area contributed by atoms with Gasteiger partial charge in [-0.2, -0.15) is 0 Å². The summed E-state index contributed by atoms with van der Waals surface area (Å²) >= 11 is 0. The van der Waals surface area contributed by atoms with E-state index in [0.717, 1.165) is 22.4 Å². The van der Waals surface area contributed by atoms with Crippen molar-refractivity contribution in [2.75, 3.05) is 11.5 Å². The zero-order valence-electron chi connectivity index (χ0n) is 16.1. The lowest BCUT2D eigenvalue weighted by Gasteiger charge is -2.29. The average Bonchev–Trinajstić information content (AvgIpc) is 2.75. The Labute approximate surface area is 169 Å². The second kappa shape index (κ2) is 8.14. The lowest BCUT2D eigenvalue weighted by molar-refractivity contribution is -0.121. The third kappa shape index (κ3) is 4.27. The van der Waals surface area contributed by atoms with Gasteiger partial charge in [-0.25, -0.2) is 0 Å². The van der Waals surface area contributed by atoms with Gasteiger partial charge in [0.15, 0.2) is 6.61 Å². The normalized spacial score (nSPS) is 12.9. The molecular weight excluding hydrogens is 366 g/mol. The number of carbonyl (C=O) groups excluding carboxylic acids is 2. The number of rotatable bonds is 5. The standard InChI is InChI=1S/C23H21N3O3/c1-16-7-8-21-20(10-16)26(22(27)15-29-21)14-17-4-2-6-19(11-17)23(28)25-13-18-5-3-9-24-12-18/h2-12H,13-15H2,1H3,(H,25,28). The highest BCUT2D eigenvalue weighted by Crippen LogP contribution is 2.33. The molecule has 6 heteroatoms. The molecule has 4 rings (SSSR count). The van der Waals surface area contributed by atoms with E-state index >= 15 is 0 Å². The van der Waals surface area contributed by atoms with Gasteiger partial charge in [-0.05, 0) is 53.9 Å². The molecule has 2 heterocycles. The summed E-state index contributed by atoms with van der Waals surface area (Å²) < 4.78 is 5.53. The van der Waals surface area contributed by atoms with Gasteiger partial charge in [-0.15, -0.1) is 0 Å². The summed E-state index contributed by atoms with van der Waals surface area (Å²) in [4.78, 5) is 30.8. The summed E-state index contributed by atoms with van der Waals surface area (Å²) in [5.74, 6) is 0.426. The van der Waals surface area contributed by atoms with Gasteiger partial charge in [0.25, 0.3) is 11.8 Å². The van der Waals surface area contributed by atoms with Crippen LogP contribution in [0.2, 0.25) is 0 Å². The number of amides is 2. The Morgan fingerprint density at radius 3 is 2.83 bits per heavy atom. The SMILES string of the molecule is Cc1ccc2c(c1)N(Cc1cccc(C(=O)NCc3cccnc3)c1)C(=O)CO2. The van der Waals surface area contributed by atoms with Crippen LogP contribution in [-0.4, -0.2) is 23.4 Å². The first kappa shape index (κ1) is 18.7. The maximum absolute atomic E-state index is 12.5. The fraction of sp³-hybridized carbons (Fsp3) is 0.174. The molecule has 1 aromatic heterocycles. The number of anilines is 1. The Hall–Kier alpha value is -3.67. The zero-order valence-corrected chi connectivity index (χ0v) is 16.1. The molecule has 2 aromatic carbocycles. The van der Waals surface area contributed by atoms with Crippen molar-refractivity contribution in [3.8, 4) is 5.75 Å². The first-order chi connectivity index (χ1) is 14.1. The van der Waals surface area contributed by atoms with Crippen molar-refractivity contribution in [3.05, 3.63) is 89.2 Å². The number of ether oxygens (including phenoxy) is 1. The van der Waals surface area contributed by atoms with Crippen LogP contribution in [0.25, 0.3) is 0 Å². The molecule has 0 saturated heterocycles. The Kier molecular flexibility index (Phi) is 5.24. The first-order valence-corrected chi connectivity index (χ1v) is 9.40. The molecule has 2 amide bonds. The van der Waals surface area contributed by atoms with E-state index in [1.165, 1.54) is 0 Å². The van der Waals surface area contributed by atoms with Crippen LogP contribution in [0.15, 0.2) is 67.0 Å². The van der Waals surface area contributed by atoms with Crippen LogP contribution in [0.1, 0.15) is 27.0 Å². The molecule has 0 spiro atoms. The van der Waals surface area contributed by atoms with E-state index in [1.54, 1.807) is 23.4 Å². The minimum atomic E-state index is -0.166. The molecule has 1 aliphatic heterocycles. The summed E-state index contributed by atoms with van der Waals surface area (Å²) in [5, 5.41) is 2.90. The Morgan fingerprint density at radius 2 is 2.00 bits per heavy atom. The van der Waals surface area contributed by atoms with E-state index in [9.17, 15) is 9.59 Å². The average molecular weight is 387 g/mol. The fourth-order valence-corrected chi connectivity index (χ4v) is 3.27. The third-order valence-electron chi connectivity index (χ3n) is 4.76. The molecule has 0 saturated carbocycles. The summed E-state index contributed by atoms with van der Waals surface area (Å²) in [6.07, 6.45) is 3.42. The van der Waals surface area contributed by atoms with Crippen molar-refractivity contribution in [2.45, 2.75) is 20.0 Å². The van der Waals surface area contributed by atoms with E-state index in [2.05, 4.69) is 10.3 Å². The monoisotopic (exact) mass is 387 g/mol. The largest absolute Gasteiger partial charge is 0.482 e. The van der Waals surface area contributed by atoms with Crippen LogP contribution < -0.4 is 15.0 Å². The van der Waals surface area contributed by atoms with Crippen molar-refractivity contribution < 1.29 is 14.3 Å². The van der Waals surface area contributed by atoms with Gasteiger partial charge < -0.3 is 15.0 Å². The van der Waals surface area contributed by atoms with Crippen LogP contribution in [0.3, 0.4) is 0 Å². The smallest absolute Gasteiger partial charge is 0.265 e. The maximum Gasteiger partial charge on any atom is 0.265 e. The van der Waals surface area contributed by atoms with Gasteiger partial charge in [-0.1, -0.05) is 24.3 Å². The zero-order chi connectivity index (χ0) is 20.2. The summed E-state index contributed by atoms with van der Waals surface area (Å²) in [6, 6.07) is 16.8. The Bertz CT molecular complexity index is 1050. The molecule has 1 aliphatic rings. The highest BCUT2D eigenvalue weighted by Gasteiger charge is 2.25. The van der Waals surface area contributed by atoms with Gasteiger partial charge in [0, 0.05) is 24.5 Å². The molecular formula is C23H21N3O3. The quantitative estimate of drug-likeness (QED) is 0.730. The van der Waals surface area contributed by atoms with Gasteiger partial charge >= 0.3 is 0 Å². The summed E-state index contributed by atoms with van der Waals surface area (Å²) in [5.41, 5.74) is 4.17. The molecule has 1 N–H and O–H groups in total. The number of nitrogens with one attached hydrogen (secondary N) is 1. The Balaban J connectivity index is 1.50. The lowest BCUT2D eigenvalue weighted by atomic mass is 10.1. The number of fused-ring (bicyclic) bond motifs is 1. The van der Waals surface area contributed by atoms with Gasteiger partial charge in [0.1, 0.15) is 5.75 Å². The number of benzene rings is 2. The topological polar surface area (TPSA) is 71.5 Å². The number of hydrogen-bond donors (Lipinski definition) is 1. The number of aryl methyl sites for hydroxylation is 1. The second-order valence-electron chi connectivity index (χ2n) is 6.98. The minimum Gasteiger partial charge on any atom is -0.482 e. The van der Waals surface area contributed by atoms with Gasteiger partial charge in [-0.3, -0.25) is 14.6 Å². The third-order valence-corrected chi connectivity index (χ3v) is 4.76. The first-order valence-electron chi connectivity index (χ1n) is 9.40. The fourth-order valence-electron chi connectivity index (χ4n) is 3.27. The molecule has 0 atom stereocenters. The van der Waals surface area contributed by atoms with E-state index in [-0.39, 0.29) is 18.4 Å². The van der Waals surface area contributed by atoms with Crippen LogP contribution in [0.5, 0.6) is 5.75 Å². The van der Waals surface area contributed by atoms with Crippen LogP contribution >= 0.6 is 0 Å².